The number of benzene rings is 2. The Balaban J connectivity index is 1.51. The lowest BCUT2D eigenvalue weighted by Crippen LogP contribution is -2.51. The van der Waals surface area contributed by atoms with Gasteiger partial charge in [0.25, 0.3) is 6.43 Å². The molecule has 0 aromatic heterocycles. The van der Waals surface area contributed by atoms with Gasteiger partial charge in [-0.15, -0.1) is 0 Å². The Morgan fingerprint density at radius 3 is 2.30 bits per heavy atom. The van der Waals surface area contributed by atoms with Crippen molar-refractivity contribution in [1.82, 2.24) is 4.90 Å². The molecule has 142 valence electrons. The number of hydrogen-bond donors (Lipinski definition) is 1. The lowest BCUT2D eigenvalue weighted by molar-refractivity contribution is -0.0335. The average Bonchev–Trinajstić information content (AvgIpc) is 3.00. The van der Waals surface area contributed by atoms with Gasteiger partial charge >= 0.3 is 6.09 Å². The van der Waals surface area contributed by atoms with Crippen LogP contribution < -0.4 is 0 Å². The van der Waals surface area contributed by atoms with Crippen LogP contribution in [0.1, 0.15) is 29.9 Å². The molecule has 1 aliphatic heterocycles. The summed E-state index contributed by atoms with van der Waals surface area (Å²) in [6.07, 6.45) is -4.09. The number of hydrogen-bond acceptors (Lipinski definition) is 3. The van der Waals surface area contributed by atoms with Crippen LogP contribution in [0.25, 0.3) is 11.1 Å². The van der Waals surface area contributed by atoms with Crippen LogP contribution in [0, 0.1) is 0 Å². The molecule has 2 aromatic rings. The fourth-order valence-electron chi connectivity index (χ4n) is 4.12. The zero-order valence-corrected chi connectivity index (χ0v) is 14.7. The van der Waals surface area contributed by atoms with Gasteiger partial charge in [-0.1, -0.05) is 48.5 Å². The largest absolute Gasteiger partial charge is 0.448 e. The highest BCUT2D eigenvalue weighted by Crippen LogP contribution is 2.44. The molecule has 6 heteroatoms. The molecule has 1 saturated heterocycles. The Morgan fingerprint density at radius 1 is 1.11 bits per heavy atom. The number of carbonyl (C=O) groups is 1. The zero-order chi connectivity index (χ0) is 19.0. The number of rotatable bonds is 3. The molecular formula is C21H21F2NO3. The van der Waals surface area contributed by atoms with Crippen LogP contribution in [0.5, 0.6) is 0 Å². The predicted molar refractivity (Wildman–Crippen MR) is 96.8 cm³/mol. The summed E-state index contributed by atoms with van der Waals surface area (Å²) in [5.74, 6) is -0.110. The molecule has 1 heterocycles. The zero-order valence-electron chi connectivity index (χ0n) is 14.7. The first kappa shape index (κ1) is 17.9. The Bertz CT molecular complexity index is 796. The van der Waals surface area contributed by atoms with Crippen LogP contribution >= 0.6 is 0 Å². The summed E-state index contributed by atoms with van der Waals surface area (Å²) >= 11 is 0. The molecular weight excluding hydrogens is 352 g/mol. The Kier molecular flexibility index (Phi) is 4.83. The summed E-state index contributed by atoms with van der Waals surface area (Å²) in [5.41, 5.74) is 4.37. The van der Waals surface area contributed by atoms with Crippen molar-refractivity contribution in [3.05, 3.63) is 59.7 Å². The second-order valence-corrected chi connectivity index (χ2v) is 7.08. The molecule has 0 bridgehead atoms. The van der Waals surface area contributed by atoms with Gasteiger partial charge in [-0.3, -0.25) is 4.90 Å². The highest BCUT2D eigenvalue weighted by atomic mass is 19.3. The van der Waals surface area contributed by atoms with E-state index in [1.165, 1.54) is 0 Å². The number of alkyl halides is 2. The molecule has 2 aromatic carbocycles. The van der Waals surface area contributed by atoms with Crippen LogP contribution in [0.4, 0.5) is 13.6 Å². The number of aliphatic hydroxyl groups excluding tert-OH is 1. The normalized spacial score (nSPS) is 21.9. The van der Waals surface area contributed by atoms with Crippen molar-refractivity contribution >= 4 is 6.09 Å². The van der Waals surface area contributed by atoms with Gasteiger partial charge in [0.15, 0.2) is 0 Å². The van der Waals surface area contributed by atoms with Crippen molar-refractivity contribution in [2.24, 2.45) is 0 Å². The smallest absolute Gasteiger partial charge is 0.410 e. The SMILES string of the molecule is O=C(OCC1c2ccccc2-c2ccccc21)N1CCC(O)CC1C(F)F. The Hall–Kier alpha value is -2.47. The fraction of sp³-hybridized carbons (Fsp3) is 0.381. The third-order valence-corrected chi connectivity index (χ3v) is 5.48. The minimum absolute atomic E-state index is 0.0762. The summed E-state index contributed by atoms with van der Waals surface area (Å²) in [5, 5.41) is 9.64. The van der Waals surface area contributed by atoms with Crippen molar-refractivity contribution in [2.45, 2.75) is 37.3 Å². The molecule has 1 amide bonds. The van der Waals surface area contributed by atoms with E-state index in [-0.39, 0.29) is 31.9 Å². The van der Waals surface area contributed by atoms with Gasteiger partial charge in [0.1, 0.15) is 6.61 Å². The average molecular weight is 373 g/mol. The van der Waals surface area contributed by atoms with Gasteiger partial charge in [0.05, 0.1) is 12.1 Å². The number of halogens is 2. The first-order valence-corrected chi connectivity index (χ1v) is 9.14. The van der Waals surface area contributed by atoms with Gasteiger partial charge < -0.3 is 9.84 Å². The number of carbonyl (C=O) groups excluding carboxylic acids is 1. The lowest BCUT2D eigenvalue weighted by Gasteiger charge is -2.36. The van der Waals surface area contributed by atoms with Gasteiger partial charge in [0.2, 0.25) is 0 Å². The monoisotopic (exact) mass is 373 g/mol. The number of likely N-dealkylation sites (tertiary alicyclic amines) is 1. The number of nitrogens with zero attached hydrogens (tertiary/aromatic N) is 1. The molecule has 0 saturated carbocycles. The van der Waals surface area contributed by atoms with Gasteiger partial charge in [0, 0.05) is 12.5 Å². The minimum atomic E-state index is -2.71. The van der Waals surface area contributed by atoms with Crippen molar-refractivity contribution in [2.75, 3.05) is 13.2 Å². The molecule has 27 heavy (non-hydrogen) atoms. The minimum Gasteiger partial charge on any atom is -0.448 e. The van der Waals surface area contributed by atoms with E-state index in [1.807, 2.05) is 48.5 Å². The highest BCUT2D eigenvalue weighted by molar-refractivity contribution is 5.79. The molecule has 1 N–H and O–H groups in total. The van der Waals surface area contributed by atoms with E-state index in [4.69, 9.17) is 4.74 Å². The van der Waals surface area contributed by atoms with Gasteiger partial charge in [-0.05, 0) is 35.1 Å². The summed E-state index contributed by atoms with van der Waals surface area (Å²) < 4.78 is 32.0. The second kappa shape index (κ2) is 7.27. The first-order chi connectivity index (χ1) is 13.1. The molecule has 2 unspecified atom stereocenters. The van der Waals surface area contributed by atoms with Gasteiger partial charge in [-0.25, -0.2) is 13.6 Å². The van der Waals surface area contributed by atoms with E-state index in [0.29, 0.717) is 0 Å². The standard InChI is InChI=1S/C21H21F2NO3/c22-20(23)19-11-13(25)9-10-24(19)21(26)27-12-18-16-7-3-1-5-14(16)15-6-2-4-8-17(15)18/h1-8,13,18-20,25H,9-12H2. The number of ether oxygens (including phenoxy) is 1. The number of piperidine rings is 1. The third-order valence-electron chi connectivity index (χ3n) is 5.48. The van der Waals surface area contributed by atoms with Crippen LogP contribution in [0.15, 0.2) is 48.5 Å². The summed E-state index contributed by atoms with van der Waals surface area (Å²) in [6, 6.07) is 14.6. The molecule has 4 nitrogen and oxygen atoms in total. The van der Waals surface area contributed by atoms with E-state index in [2.05, 4.69) is 0 Å². The van der Waals surface area contributed by atoms with Crippen LogP contribution in [0.3, 0.4) is 0 Å². The van der Waals surface area contributed by atoms with Crippen LogP contribution in [-0.2, 0) is 4.74 Å². The van der Waals surface area contributed by atoms with E-state index in [0.717, 1.165) is 27.2 Å². The second-order valence-electron chi connectivity index (χ2n) is 7.08. The van der Waals surface area contributed by atoms with E-state index >= 15 is 0 Å². The molecule has 1 fully saturated rings. The lowest BCUT2D eigenvalue weighted by atomic mass is 9.98. The fourth-order valence-corrected chi connectivity index (χ4v) is 4.12. The highest BCUT2D eigenvalue weighted by Gasteiger charge is 2.38. The molecule has 0 radical (unpaired) electrons. The number of aliphatic hydroxyl groups is 1. The maximum Gasteiger partial charge on any atom is 0.410 e. The van der Waals surface area contributed by atoms with Crippen molar-refractivity contribution in [3.63, 3.8) is 0 Å². The first-order valence-electron chi connectivity index (χ1n) is 9.14. The molecule has 2 atom stereocenters. The topological polar surface area (TPSA) is 49.8 Å². The third kappa shape index (κ3) is 3.30. The van der Waals surface area contributed by atoms with E-state index < -0.39 is 24.7 Å². The number of amides is 1. The van der Waals surface area contributed by atoms with Crippen molar-refractivity contribution in [1.29, 1.82) is 0 Å². The molecule has 4 rings (SSSR count). The Morgan fingerprint density at radius 2 is 1.70 bits per heavy atom. The van der Waals surface area contributed by atoms with Gasteiger partial charge in [-0.2, -0.15) is 0 Å². The van der Waals surface area contributed by atoms with Crippen molar-refractivity contribution in [3.8, 4) is 11.1 Å². The predicted octanol–water partition coefficient (Wildman–Crippen LogP) is 4.03. The number of fused-ring (bicyclic) bond motifs is 3. The Labute approximate surface area is 156 Å². The van der Waals surface area contributed by atoms with E-state index in [9.17, 15) is 18.7 Å². The maximum absolute atomic E-state index is 13.3. The van der Waals surface area contributed by atoms with Crippen molar-refractivity contribution < 1.29 is 23.4 Å². The quantitative estimate of drug-likeness (QED) is 0.884. The maximum atomic E-state index is 13.3. The summed E-state index contributed by atoms with van der Waals surface area (Å²) in [7, 11) is 0. The van der Waals surface area contributed by atoms with E-state index in [1.54, 1.807) is 0 Å². The molecule has 2 aliphatic rings. The van der Waals surface area contributed by atoms with Crippen LogP contribution in [-0.4, -0.2) is 47.8 Å². The van der Waals surface area contributed by atoms with Crippen LogP contribution in [0.2, 0.25) is 0 Å². The summed E-state index contributed by atoms with van der Waals surface area (Å²) in [6.45, 7) is 0.175. The molecule has 0 spiro atoms. The molecule has 1 aliphatic carbocycles. The summed E-state index contributed by atoms with van der Waals surface area (Å²) in [4.78, 5) is 13.5.